The molecule has 0 aromatic heterocycles. The number of nitrogens with one attached hydrogen (secondary N) is 2. The monoisotopic (exact) mass is 667 g/mol. The van der Waals surface area contributed by atoms with Crippen LogP contribution in [0.25, 0.3) is 10.8 Å². The maximum absolute atomic E-state index is 14.7. The zero-order valence-corrected chi connectivity index (χ0v) is 31.0. The molecule has 0 unspecified atom stereocenters. The zero-order valence-electron chi connectivity index (χ0n) is 31.0. The van der Waals surface area contributed by atoms with Crippen molar-refractivity contribution in [2.24, 2.45) is 5.73 Å². The van der Waals surface area contributed by atoms with Gasteiger partial charge >= 0.3 is 0 Å². The first kappa shape index (κ1) is 37.8. The molecule has 2 atom stereocenters. The smallest absolute Gasteiger partial charge is 0.246 e. The van der Waals surface area contributed by atoms with Crippen LogP contribution in [0.1, 0.15) is 78.9 Å². The summed E-state index contributed by atoms with van der Waals surface area (Å²) in [5, 5.41) is 9.16. The lowest BCUT2D eigenvalue weighted by atomic mass is 9.79. The number of rotatable bonds is 12. The fourth-order valence-electron chi connectivity index (χ4n) is 7.57. The molecule has 1 heterocycles. The van der Waals surface area contributed by atoms with Gasteiger partial charge in [-0.15, -0.1) is 0 Å². The SMILES string of the molecule is CC(=CC(=O)N(C)[C@H](Cc1ccc2ccccc2c1)C(=O)N(C)[C@H](Cc1ccccc1)C(=O)NC1CC(C)(C)NC(C)(C)C1)CC(C)(C)N. The summed E-state index contributed by atoms with van der Waals surface area (Å²) in [7, 11) is 3.36. The Hall–Kier alpha value is -4.01. The molecule has 1 saturated heterocycles. The third-order valence-electron chi connectivity index (χ3n) is 9.37. The van der Waals surface area contributed by atoms with Crippen molar-refractivity contribution >= 4 is 28.5 Å². The van der Waals surface area contributed by atoms with Crippen LogP contribution in [-0.2, 0) is 27.2 Å². The number of carbonyl (C=O) groups is 3. The van der Waals surface area contributed by atoms with E-state index in [4.69, 9.17) is 5.73 Å². The van der Waals surface area contributed by atoms with Crippen LogP contribution in [0.4, 0.5) is 0 Å². The number of likely N-dealkylation sites (N-methyl/N-ethyl adjacent to an activating group) is 2. The Morgan fingerprint density at radius 1 is 0.857 bits per heavy atom. The molecule has 0 aliphatic carbocycles. The standard InChI is InChI=1S/C41H57N5O3/c1-28(25-39(2,3)42)21-36(47)45(8)35(24-30-19-20-31-17-13-14-18-32(31)22-30)38(49)46(9)34(23-29-15-11-10-12-16-29)37(48)43-33-26-40(4,5)44-41(6,7)27-33/h10-22,33-35,44H,23-27,42H2,1-9H3,(H,43,48)/t34-,35-/m1/s1. The summed E-state index contributed by atoms with van der Waals surface area (Å²) in [5.41, 5.74) is 8.16. The number of benzene rings is 3. The van der Waals surface area contributed by atoms with Gasteiger partial charge in [-0.2, -0.15) is 0 Å². The van der Waals surface area contributed by atoms with Gasteiger partial charge in [0.1, 0.15) is 12.1 Å². The van der Waals surface area contributed by atoms with Gasteiger partial charge in [0.05, 0.1) is 0 Å². The molecule has 8 heteroatoms. The average Bonchev–Trinajstić information content (AvgIpc) is 2.99. The van der Waals surface area contributed by atoms with Crippen molar-refractivity contribution in [3.8, 4) is 0 Å². The van der Waals surface area contributed by atoms with Gasteiger partial charge in [0.25, 0.3) is 0 Å². The first-order chi connectivity index (χ1) is 22.8. The van der Waals surface area contributed by atoms with E-state index in [0.717, 1.165) is 40.3 Å². The highest BCUT2D eigenvalue weighted by Crippen LogP contribution is 2.29. The van der Waals surface area contributed by atoms with Crippen molar-refractivity contribution in [3.63, 3.8) is 0 Å². The Kier molecular flexibility index (Phi) is 11.8. The Morgan fingerprint density at radius 3 is 2.04 bits per heavy atom. The van der Waals surface area contributed by atoms with Gasteiger partial charge in [-0.25, -0.2) is 0 Å². The number of fused-ring (bicyclic) bond motifs is 1. The Balaban J connectivity index is 1.68. The van der Waals surface area contributed by atoms with Crippen LogP contribution in [0.15, 0.2) is 84.4 Å². The predicted octanol–water partition coefficient (Wildman–Crippen LogP) is 5.78. The lowest BCUT2D eigenvalue weighted by Crippen LogP contribution is -2.63. The Bertz CT molecular complexity index is 1640. The second-order valence-electron chi connectivity index (χ2n) is 16.2. The molecule has 0 spiro atoms. The molecular weight excluding hydrogens is 610 g/mol. The molecule has 4 N–H and O–H groups in total. The highest BCUT2D eigenvalue weighted by Gasteiger charge is 2.40. The molecule has 8 nitrogen and oxygen atoms in total. The van der Waals surface area contributed by atoms with E-state index in [-0.39, 0.29) is 34.8 Å². The largest absolute Gasteiger partial charge is 0.351 e. The molecule has 1 fully saturated rings. The molecule has 0 saturated carbocycles. The van der Waals surface area contributed by atoms with Crippen molar-refractivity contribution in [1.29, 1.82) is 0 Å². The molecule has 0 radical (unpaired) electrons. The van der Waals surface area contributed by atoms with Gasteiger partial charge in [-0.3, -0.25) is 14.4 Å². The van der Waals surface area contributed by atoms with E-state index in [1.165, 1.54) is 4.90 Å². The van der Waals surface area contributed by atoms with E-state index >= 15 is 0 Å². The van der Waals surface area contributed by atoms with Gasteiger partial charge in [-0.1, -0.05) is 78.4 Å². The fourth-order valence-corrected chi connectivity index (χ4v) is 7.57. The summed E-state index contributed by atoms with van der Waals surface area (Å²) in [6.45, 7) is 14.3. The molecule has 264 valence electrons. The van der Waals surface area contributed by atoms with Gasteiger partial charge in [0.2, 0.25) is 17.7 Å². The molecular formula is C41H57N5O3. The predicted molar refractivity (Wildman–Crippen MR) is 200 cm³/mol. The van der Waals surface area contributed by atoms with Crippen molar-refractivity contribution < 1.29 is 14.4 Å². The lowest BCUT2D eigenvalue weighted by molar-refractivity contribution is -0.146. The molecule has 1 aliphatic heterocycles. The number of nitrogens with two attached hydrogens (primary N) is 1. The van der Waals surface area contributed by atoms with E-state index < -0.39 is 17.6 Å². The molecule has 1 aliphatic rings. The number of hydrogen-bond acceptors (Lipinski definition) is 5. The van der Waals surface area contributed by atoms with E-state index in [9.17, 15) is 14.4 Å². The summed E-state index contributed by atoms with van der Waals surface area (Å²) in [6, 6.07) is 22.3. The van der Waals surface area contributed by atoms with Gasteiger partial charge < -0.3 is 26.2 Å². The normalized spacial score (nSPS) is 17.6. The molecule has 3 amide bonds. The van der Waals surface area contributed by atoms with Crippen LogP contribution in [-0.4, -0.2) is 76.4 Å². The summed E-state index contributed by atoms with van der Waals surface area (Å²) in [4.78, 5) is 45.8. The molecule has 0 bridgehead atoms. The fraction of sp³-hybridized carbons (Fsp3) is 0.488. The van der Waals surface area contributed by atoms with E-state index in [2.05, 4.69) is 50.5 Å². The maximum Gasteiger partial charge on any atom is 0.246 e. The number of hydrogen-bond donors (Lipinski definition) is 3. The van der Waals surface area contributed by atoms with Crippen LogP contribution in [0, 0.1) is 0 Å². The number of carbonyl (C=O) groups excluding carboxylic acids is 3. The summed E-state index contributed by atoms with van der Waals surface area (Å²) < 4.78 is 0. The second kappa shape index (κ2) is 15.3. The summed E-state index contributed by atoms with van der Waals surface area (Å²) in [5.74, 6) is -0.772. The topological polar surface area (TPSA) is 108 Å². The van der Waals surface area contributed by atoms with Gasteiger partial charge in [-0.05, 0) is 89.6 Å². The van der Waals surface area contributed by atoms with Crippen molar-refractivity contribution in [2.45, 2.75) is 115 Å². The van der Waals surface area contributed by atoms with Crippen molar-refractivity contribution in [3.05, 3.63) is 95.6 Å². The van der Waals surface area contributed by atoms with Crippen LogP contribution < -0.4 is 16.4 Å². The van der Waals surface area contributed by atoms with Crippen molar-refractivity contribution in [1.82, 2.24) is 20.4 Å². The highest BCUT2D eigenvalue weighted by atomic mass is 16.2. The second-order valence-corrected chi connectivity index (χ2v) is 16.2. The molecule has 4 rings (SSSR count). The third kappa shape index (κ3) is 10.7. The highest BCUT2D eigenvalue weighted by molar-refractivity contribution is 5.95. The van der Waals surface area contributed by atoms with Crippen LogP contribution >= 0.6 is 0 Å². The third-order valence-corrected chi connectivity index (χ3v) is 9.37. The van der Waals surface area contributed by atoms with Crippen LogP contribution in [0.2, 0.25) is 0 Å². The Labute approximate surface area is 293 Å². The van der Waals surface area contributed by atoms with E-state index in [1.54, 1.807) is 25.1 Å². The van der Waals surface area contributed by atoms with E-state index in [1.807, 2.05) is 81.4 Å². The maximum atomic E-state index is 14.7. The van der Waals surface area contributed by atoms with Gasteiger partial charge in [0, 0.05) is 55.7 Å². The Morgan fingerprint density at radius 2 is 1.43 bits per heavy atom. The molecule has 3 aromatic rings. The summed E-state index contributed by atoms with van der Waals surface area (Å²) in [6.07, 6.45) is 4.29. The molecule has 3 aromatic carbocycles. The van der Waals surface area contributed by atoms with E-state index in [0.29, 0.717) is 19.3 Å². The minimum Gasteiger partial charge on any atom is -0.351 e. The first-order valence-corrected chi connectivity index (χ1v) is 17.4. The van der Waals surface area contributed by atoms with Crippen LogP contribution in [0.5, 0.6) is 0 Å². The zero-order chi connectivity index (χ0) is 36.1. The minimum absolute atomic E-state index is 0.0573. The lowest BCUT2D eigenvalue weighted by Gasteiger charge is -2.47. The average molecular weight is 668 g/mol. The van der Waals surface area contributed by atoms with Crippen molar-refractivity contribution in [2.75, 3.05) is 14.1 Å². The minimum atomic E-state index is -0.851. The number of amides is 3. The number of nitrogens with zero attached hydrogens (tertiary/aromatic N) is 2. The first-order valence-electron chi connectivity index (χ1n) is 17.4. The number of piperidine rings is 1. The molecule has 49 heavy (non-hydrogen) atoms. The van der Waals surface area contributed by atoms with Gasteiger partial charge in [0.15, 0.2) is 0 Å². The van der Waals surface area contributed by atoms with Crippen LogP contribution in [0.3, 0.4) is 0 Å². The quantitative estimate of drug-likeness (QED) is 0.213. The summed E-state index contributed by atoms with van der Waals surface area (Å²) >= 11 is 0.